The number of amides is 2. The quantitative estimate of drug-likeness (QED) is 0.189. The second-order valence-corrected chi connectivity index (χ2v) is 8.95. The molecule has 0 spiro atoms. The number of hydrogen-bond acceptors (Lipinski definition) is 8. The van der Waals surface area contributed by atoms with Gasteiger partial charge in [0, 0.05) is 6.07 Å². The molecule has 1 aliphatic rings. The maximum absolute atomic E-state index is 12.9. The first-order valence-electron chi connectivity index (χ1n) is 10.4. The van der Waals surface area contributed by atoms with Crippen molar-refractivity contribution in [2.24, 2.45) is 5.92 Å². The van der Waals surface area contributed by atoms with Crippen LogP contribution in [-0.4, -0.2) is 40.1 Å². The molecule has 3 rings (SSSR count). The fourth-order valence-electron chi connectivity index (χ4n) is 2.94. The molecule has 0 aromatic heterocycles. The van der Waals surface area contributed by atoms with E-state index in [0.717, 1.165) is 11.0 Å². The Bertz CT molecular complexity index is 1240. The third-order valence-corrected chi connectivity index (χ3v) is 5.51. The topological polar surface area (TPSA) is 116 Å². The zero-order valence-corrected chi connectivity index (χ0v) is 19.7. The minimum absolute atomic E-state index is 0.0225. The molecule has 2 aromatic carbocycles. The van der Waals surface area contributed by atoms with Crippen LogP contribution in [0.1, 0.15) is 25.0 Å². The van der Waals surface area contributed by atoms with Crippen molar-refractivity contribution >= 4 is 40.6 Å². The largest absolute Gasteiger partial charge is 0.464 e. The third-order valence-electron chi connectivity index (χ3n) is 4.61. The Morgan fingerprint density at radius 1 is 1.19 bits per heavy atom. The average Bonchev–Trinajstić information content (AvgIpc) is 3.04. The summed E-state index contributed by atoms with van der Waals surface area (Å²) in [5.74, 6) is -1.70. The Kier molecular flexibility index (Phi) is 8.03. The van der Waals surface area contributed by atoms with Gasteiger partial charge in [0.25, 0.3) is 11.1 Å². The molecule has 0 bridgehead atoms. The van der Waals surface area contributed by atoms with Gasteiger partial charge in [0.05, 0.1) is 22.0 Å². The summed E-state index contributed by atoms with van der Waals surface area (Å²) in [5.41, 5.74) is -1.70. The number of halogens is 3. The number of esters is 1. The van der Waals surface area contributed by atoms with Crippen LogP contribution in [0, 0.1) is 16.0 Å². The van der Waals surface area contributed by atoms with Crippen molar-refractivity contribution in [1.82, 2.24) is 4.90 Å². The number of hydrogen-bond donors (Lipinski definition) is 0. The predicted molar refractivity (Wildman–Crippen MR) is 123 cm³/mol. The number of thioether (sulfide) groups is 1. The summed E-state index contributed by atoms with van der Waals surface area (Å²) < 4.78 is 49.2. The van der Waals surface area contributed by atoms with Gasteiger partial charge in [-0.15, -0.1) is 0 Å². The second kappa shape index (κ2) is 10.8. The smallest absolute Gasteiger partial charge is 0.416 e. The lowest BCUT2D eigenvalue weighted by molar-refractivity contribution is -0.385. The monoisotopic (exact) mass is 524 g/mol. The van der Waals surface area contributed by atoms with E-state index in [9.17, 15) is 37.7 Å². The van der Waals surface area contributed by atoms with E-state index in [1.165, 1.54) is 24.3 Å². The average molecular weight is 524 g/mol. The number of alkyl halides is 3. The summed E-state index contributed by atoms with van der Waals surface area (Å²) in [5, 5.41) is 10.6. The number of ether oxygens (including phenoxy) is 2. The fourth-order valence-corrected chi connectivity index (χ4v) is 3.78. The molecule has 0 radical (unpaired) electrons. The van der Waals surface area contributed by atoms with E-state index in [0.29, 0.717) is 29.5 Å². The number of carbonyl (C=O) groups excluding carboxylic acids is 3. The Balaban J connectivity index is 1.78. The molecule has 9 nitrogen and oxygen atoms in total. The highest BCUT2D eigenvalue weighted by atomic mass is 32.2. The van der Waals surface area contributed by atoms with Crippen molar-refractivity contribution in [3.63, 3.8) is 0 Å². The maximum Gasteiger partial charge on any atom is 0.416 e. The minimum atomic E-state index is -4.77. The molecule has 1 saturated heterocycles. The highest BCUT2D eigenvalue weighted by Crippen LogP contribution is 2.38. The Morgan fingerprint density at radius 2 is 1.92 bits per heavy atom. The molecular weight excluding hydrogens is 505 g/mol. The van der Waals surface area contributed by atoms with Gasteiger partial charge in [0.15, 0.2) is 0 Å². The van der Waals surface area contributed by atoms with Gasteiger partial charge in [-0.1, -0.05) is 26.0 Å². The van der Waals surface area contributed by atoms with Gasteiger partial charge in [-0.05, 0) is 53.6 Å². The highest BCUT2D eigenvalue weighted by molar-refractivity contribution is 8.18. The van der Waals surface area contributed by atoms with Crippen LogP contribution in [0.15, 0.2) is 47.4 Å². The van der Waals surface area contributed by atoms with Crippen molar-refractivity contribution < 1.29 is 42.0 Å². The van der Waals surface area contributed by atoms with Crippen LogP contribution in [0.25, 0.3) is 6.08 Å². The van der Waals surface area contributed by atoms with Crippen LogP contribution in [0.2, 0.25) is 0 Å². The van der Waals surface area contributed by atoms with E-state index in [1.807, 2.05) is 13.8 Å². The van der Waals surface area contributed by atoms with Gasteiger partial charge < -0.3 is 9.47 Å². The molecule has 0 aliphatic carbocycles. The highest BCUT2D eigenvalue weighted by Gasteiger charge is 2.37. The number of imide groups is 1. The SMILES string of the molecule is CC(C)COC(=O)CN1C(=O)S/C(=C/c2cccc(Oc3ccc(C(F)(F)F)cc3[N+](=O)[O-])c2)C1=O. The summed E-state index contributed by atoms with van der Waals surface area (Å²) >= 11 is 0.617. The van der Waals surface area contributed by atoms with E-state index in [4.69, 9.17) is 9.47 Å². The first-order valence-corrected chi connectivity index (χ1v) is 11.2. The summed E-state index contributed by atoms with van der Waals surface area (Å²) in [4.78, 5) is 47.8. The molecule has 190 valence electrons. The van der Waals surface area contributed by atoms with E-state index in [2.05, 4.69) is 0 Å². The number of nitro benzene ring substituents is 1. The molecule has 13 heteroatoms. The Morgan fingerprint density at radius 3 is 2.56 bits per heavy atom. The molecule has 0 saturated carbocycles. The van der Waals surface area contributed by atoms with Crippen LogP contribution in [-0.2, 0) is 20.5 Å². The van der Waals surface area contributed by atoms with Gasteiger partial charge in [-0.2, -0.15) is 13.2 Å². The summed E-state index contributed by atoms with van der Waals surface area (Å²) in [6.07, 6.45) is -3.41. The first kappa shape index (κ1) is 26.7. The van der Waals surface area contributed by atoms with E-state index < -0.39 is 51.8 Å². The zero-order valence-electron chi connectivity index (χ0n) is 18.9. The fraction of sp³-hybridized carbons (Fsp3) is 0.261. The molecule has 0 unspecified atom stereocenters. The lowest BCUT2D eigenvalue weighted by atomic mass is 10.1. The van der Waals surface area contributed by atoms with Gasteiger partial charge in [-0.25, -0.2) is 0 Å². The maximum atomic E-state index is 12.9. The van der Waals surface area contributed by atoms with Crippen LogP contribution in [0.4, 0.5) is 23.7 Å². The lowest BCUT2D eigenvalue weighted by Gasteiger charge is -2.12. The number of benzene rings is 2. The molecule has 2 aromatic rings. The molecule has 2 amide bonds. The van der Waals surface area contributed by atoms with E-state index in [1.54, 1.807) is 6.07 Å². The van der Waals surface area contributed by atoms with E-state index >= 15 is 0 Å². The molecule has 0 atom stereocenters. The van der Waals surface area contributed by atoms with E-state index in [-0.39, 0.29) is 23.2 Å². The normalized spacial score (nSPS) is 15.1. The van der Waals surface area contributed by atoms with Gasteiger partial charge >= 0.3 is 17.8 Å². The summed E-state index contributed by atoms with van der Waals surface area (Å²) in [7, 11) is 0. The Hall–Kier alpha value is -3.87. The minimum Gasteiger partial charge on any atom is -0.464 e. The van der Waals surface area contributed by atoms with Gasteiger partial charge in [0.2, 0.25) is 5.75 Å². The molecule has 1 fully saturated rings. The molecule has 0 N–H and O–H groups in total. The van der Waals surface area contributed by atoms with Crippen LogP contribution >= 0.6 is 11.8 Å². The molecular formula is C23H19F3N2O7S. The number of nitro groups is 1. The lowest BCUT2D eigenvalue weighted by Crippen LogP contribution is -2.34. The third kappa shape index (κ3) is 6.62. The van der Waals surface area contributed by atoms with Crippen LogP contribution in [0.5, 0.6) is 11.5 Å². The molecule has 1 aliphatic heterocycles. The van der Waals surface area contributed by atoms with Crippen molar-refractivity contribution in [2.75, 3.05) is 13.2 Å². The second-order valence-electron chi connectivity index (χ2n) is 7.96. The van der Waals surface area contributed by atoms with Crippen molar-refractivity contribution in [3.8, 4) is 11.5 Å². The Labute approximate surface area is 207 Å². The summed E-state index contributed by atoms with van der Waals surface area (Å²) in [6.45, 7) is 3.29. The van der Waals surface area contributed by atoms with Crippen molar-refractivity contribution in [2.45, 2.75) is 20.0 Å². The molecule has 36 heavy (non-hydrogen) atoms. The van der Waals surface area contributed by atoms with Crippen molar-refractivity contribution in [3.05, 3.63) is 68.6 Å². The number of carbonyl (C=O) groups is 3. The van der Waals surface area contributed by atoms with Crippen LogP contribution in [0.3, 0.4) is 0 Å². The predicted octanol–water partition coefficient (Wildman–Crippen LogP) is 5.64. The summed E-state index contributed by atoms with van der Waals surface area (Å²) in [6, 6.07) is 7.72. The number of nitrogens with zero attached hydrogens (tertiary/aromatic N) is 2. The zero-order chi connectivity index (χ0) is 26.6. The standard InChI is InChI=1S/C23H19F3N2O7S/c1-13(2)12-34-20(29)11-27-21(30)19(36-22(27)31)9-14-4-3-5-16(8-14)35-18-7-6-15(23(24,25)26)10-17(18)28(32)33/h3-10,13H,11-12H2,1-2H3/b19-9+. The van der Waals surface area contributed by atoms with Crippen LogP contribution < -0.4 is 4.74 Å². The first-order chi connectivity index (χ1) is 16.8. The molecule has 1 heterocycles. The van der Waals surface area contributed by atoms with Gasteiger partial charge in [-0.3, -0.25) is 29.4 Å². The van der Waals surface area contributed by atoms with Crippen molar-refractivity contribution in [1.29, 1.82) is 0 Å². The van der Waals surface area contributed by atoms with Gasteiger partial charge in [0.1, 0.15) is 12.3 Å². The number of rotatable bonds is 8.